The molecule has 5 amide bonds. The number of nitrogens with two attached hydrogens (primary N) is 2. The molecule has 2 aliphatic rings. The average Bonchev–Trinajstić information content (AvgIpc) is 3.22. The van der Waals surface area contributed by atoms with Crippen LogP contribution in [0.1, 0.15) is 44.9 Å². The molecular weight excluding hydrogens is 838 g/mol. The number of amides is 5. The molecule has 0 radical (unpaired) electrons. The van der Waals surface area contributed by atoms with E-state index in [4.69, 9.17) is 31.6 Å². The van der Waals surface area contributed by atoms with Crippen LogP contribution in [0.25, 0.3) is 10.4 Å². The molecular formula is C34H53N9O19. The third-order valence-corrected chi connectivity index (χ3v) is 9.50. The number of carboxylic acid groups (broad SMARTS) is 2. The van der Waals surface area contributed by atoms with Crippen LogP contribution in [0.2, 0.25) is 0 Å². The van der Waals surface area contributed by atoms with Gasteiger partial charge >= 0.3 is 11.9 Å². The van der Waals surface area contributed by atoms with E-state index in [-0.39, 0.29) is 32.2 Å². The lowest BCUT2D eigenvalue weighted by Crippen LogP contribution is -2.63. The summed E-state index contributed by atoms with van der Waals surface area (Å²) in [6.45, 7) is -2.20. The van der Waals surface area contributed by atoms with Gasteiger partial charge in [0, 0.05) is 24.3 Å². The minimum Gasteiger partial charge on any atom is -0.481 e. The smallest absolute Gasteiger partial charge is 0.303 e. The van der Waals surface area contributed by atoms with Crippen molar-refractivity contribution in [2.75, 3.05) is 19.8 Å². The first kappa shape index (κ1) is 52.5. The maximum atomic E-state index is 13.7. The van der Waals surface area contributed by atoms with Crippen molar-refractivity contribution in [2.24, 2.45) is 16.6 Å². The van der Waals surface area contributed by atoms with Gasteiger partial charge in [-0.05, 0) is 43.4 Å². The monoisotopic (exact) mass is 891 g/mol. The number of nitrogens with zero attached hydrogens (tertiary/aromatic N) is 3. The van der Waals surface area contributed by atoms with Crippen molar-refractivity contribution in [1.29, 1.82) is 0 Å². The van der Waals surface area contributed by atoms with E-state index in [0.717, 1.165) is 6.08 Å². The Kier molecular flexibility index (Phi) is 21.4. The second-order valence-electron chi connectivity index (χ2n) is 14.1. The van der Waals surface area contributed by atoms with E-state index < -0.39 is 165 Å². The molecule has 2 heterocycles. The van der Waals surface area contributed by atoms with Crippen LogP contribution < -0.4 is 32.7 Å². The summed E-state index contributed by atoms with van der Waals surface area (Å²) in [6, 6.07) is -7.88. The fourth-order valence-electron chi connectivity index (χ4n) is 6.02. The van der Waals surface area contributed by atoms with Crippen molar-refractivity contribution < 1.29 is 94.1 Å². The summed E-state index contributed by atoms with van der Waals surface area (Å²) in [7, 11) is 0. The summed E-state index contributed by atoms with van der Waals surface area (Å²) in [6.07, 6.45) is -16.1. The number of rotatable bonds is 26. The number of aliphatic carboxylic acids is 2. The van der Waals surface area contributed by atoms with Gasteiger partial charge < -0.3 is 93.3 Å². The van der Waals surface area contributed by atoms with Crippen LogP contribution in [0.4, 0.5) is 0 Å². The van der Waals surface area contributed by atoms with Crippen molar-refractivity contribution in [1.82, 2.24) is 21.3 Å². The maximum absolute atomic E-state index is 13.7. The highest BCUT2D eigenvalue weighted by atomic mass is 16.5. The van der Waals surface area contributed by atoms with Gasteiger partial charge in [-0.1, -0.05) is 11.5 Å². The molecule has 13 atom stereocenters. The SMILES string of the molecule is [N-]=[N+]=N[C@@H](CCCCNC(=O)C1=C[C@H](O)[C@@H](NC(=O)[C@H](CCC(=O)O)NC(=O)C2=C[C@H](O)[C@@H](NC(=O)[C@@H](N)CCC(=O)O)[C@H]([C@H](O)[C@H](O)CO)O2)[C@H]([C@H](O)[C@H](O)CO)O1)C(N)=O. The number of unbranched alkanes of at least 4 members (excludes halogenated alkanes) is 1. The van der Waals surface area contributed by atoms with Crippen LogP contribution in [0.3, 0.4) is 0 Å². The number of aliphatic hydroxyl groups excluding tert-OH is 8. The highest BCUT2D eigenvalue weighted by Crippen LogP contribution is 2.25. The van der Waals surface area contributed by atoms with Gasteiger partial charge in [-0.15, -0.1) is 0 Å². The van der Waals surface area contributed by atoms with E-state index in [1.165, 1.54) is 0 Å². The molecule has 28 nitrogen and oxygen atoms in total. The summed E-state index contributed by atoms with van der Waals surface area (Å²) in [5.41, 5.74) is 19.4. The highest BCUT2D eigenvalue weighted by Gasteiger charge is 2.46. The van der Waals surface area contributed by atoms with Crippen LogP contribution in [0.5, 0.6) is 0 Å². The number of azide groups is 1. The summed E-state index contributed by atoms with van der Waals surface area (Å²) in [5, 5.41) is 113. The molecule has 62 heavy (non-hydrogen) atoms. The number of carboxylic acids is 2. The third kappa shape index (κ3) is 15.7. The van der Waals surface area contributed by atoms with Crippen LogP contribution >= 0.6 is 0 Å². The number of primary amides is 1. The van der Waals surface area contributed by atoms with Gasteiger partial charge in [0.25, 0.3) is 11.8 Å². The molecule has 18 N–H and O–H groups in total. The van der Waals surface area contributed by atoms with E-state index in [0.29, 0.717) is 6.08 Å². The third-order valence-electron chi connectivity index (χ3n) is 9.50. The Morgan fingerprint density at radius 1 is 0.758 bits per heavy atom. The van der Waals surface area contributed by atoms with Crippen LogP contribution in [0.15, 0.2) is 28.8 Å². The second-order valence-corrected chi connectivity index (χ2v) is 14.1. The Bertz CT molecular complexity index is 1710. The summed E-state index contributed by atoms with van der Waals surface area (Å²) in [5.74, 6) is -9.67. The average molecular weight is 892 g/mol. The number of carbonyl (C=O) groups is 7. The quantitative estimate of drug-likeness (QED) is 0.0166. The zero-order valence-electron chi connectivity index (χ0n) is 32.9. The van der Waals surface area contributed by atoms with Gasteiger partial charge in [0.1, 0.15) is 48.7 Å². The molecule has 0 saturated carbocycles. The van der Waals surface area contributed by atoms with Crippen molar-refractivity contribution in [2.45, 2.75) is 124 Å². The van der Waals surface area contributed by atoms with Gasteiger partial charge in [0.15, 0.2) is 23.7 Å². The lowest BCUT2D eigenvalue weighted by Gasteiger charge is -2.39. The fourth-order valence-corrected chi connectivity index (χ4v) is 6.02. The molecule has 0 bridgehead atoms. The second kappa shape index (κ2) is 25.3. The van der Waals surface area contributed by atoms with Crippen molar-refractivity contribution in [3.63, 3.8) is 0 Å². The largest absolute Gasteiger partial charge is 0.481 e. The first-order chi connectivity index (χ1) is 29.2. The number of aliphatic hydroxyl groups is 8. The zero-order chi connectivity index (χ0) is 46.8. The molecule has 0 aromatic carbocycles. The van der Waals surface area contributed by atoms with Gasteiger partial charge in [-0.3, -0.25) is 33.6 Å². The Morgan fingerprint density at radius 2 is 1.24 bits per heavy atom. The summed E-state index contributed by atoms with van der Waals surface area (Å²) >= 11 is 0. The molecule has 0 unspecified atom stereocenters. The standard InChI is InChI=1S/C34H53N9O19/c35-13(4-6-22(50)51)31(57)40-24-17(47)10-21(62-28(24)26(54)18(48)11-44)34(60)39-15(5-7-23(52)53)32(58)41-25-16(46)9-20(61-29(25)27(55)19(49)12-45)33(59)38-8-2-1-3-14(30(36)56)42-43-37/h9-10,13-19,24-29,44-49,54-55H,1-8,11-12,35H2,(H2,36,56)(H,38,59)(H,39,60)(H,40,57)(H,41,58)(H,50,51)(H,52,53)/t13-,14-,15-,16-,17-,18+,19+,24+,25+,26+,27+,28+,29+/m0/s1. The van der Waals surface area contributed by atoms with E-state index in [9.17, 15) is 79.5 Å². The van der Waals surface area contributed by atoms with Gasteiger partial charge in [-0.25, -0.2) is 0 Å². The minimum absolute atomic E-state index is 0.0497. The lowest BCUT2D eigenvalue weighted by atomic mass is 9.93. The molecule has 348 valence electrons. The molecule has 2 rings (SSSR count). The highest BCUT2D eigenvalue weighted by molar-refractivity contribution is 5.96. The normalized spacial score (nSPS) is 24.2. The number of ether oxygens (including phenoxy) is 2. The lowest BCUT2D eigenvalue weighted by molar-refractivity contribution is -0.145. The summed E-state index contributed by atoms with van der Waals surface area (Å²) < 4.78 is 11.1. The van der Waals surface area contributed by atoms with Gasteiger partial charge in [-0.2, -0.15) is 0 Å². The molecule has 0 spiro atoms. The molecule has 2 aliphatic heterocycles. The number of hydrogen-bond acceptors (Lipinski definition) is 19. The van der Waals surface area contributed by atoms with E-state index in [1.54, 1.807) is 0 Å². The van der Waals surface area contributed by atoms with Crippen LogP contribution in [-0.2, 0) is 43.0 Å². The number of carbonyl (C=O) groups excluding carboxylic acids is 5. The zero-order valence-corrected chi connectivity index (χ0v) is 32.9. The van der Waals surface area contributed by atoms with Crippen molar-refractivity contribution >= 4 is 41.5 Å². The fraction of sp³-hybridized carbons (Fsp3) is 0.676. The van der Waals surface area contributed by atoms with Crippen LogP contribution in [0, 0.1) is 0 Å². The van der Waals surface area contributed by atoms with E-state index in [1.807, 2.05) is 0 Å². The Hall–Kier alpha value is -5.68. The summed E-state index contributed by atoms with van der Waals surface area (Å²) in [4.78, 5) is 89.2. The Labute approximate surface area is 351 Å². The van der Waals surface area contributed by atoms with E-state index >= 15 is 0 Å². The van der Waals surface area contributed by atoms with Crippen molar-refractivity contribution in [3.8, 4) is 0 Å². The molecule has 0 aliphatic carbocycles. The predicted molar refractivity (Wildman–Crippen MR) is 203 cm³/mol. The van der Waals surface area contributed by atoms with Gasteiger partial charge in [0.2, 0.25) is 17.7 Å². The predicted octanol–water partition coefficient (Wildman–Crippen LogP) is -7.34. The first-order valence-electron chi connectivity index (χ1n) is 19.0. The maximum Gasteiger partial charge on any atom is 0.303 e. The van der Waals surface area contributed by atoms with Gasteiger partial charge in [0.05, 0.1) is 31.3 Å². The minimum atomic E-state index is -2.13. The molecule has 0 saturated heterocycles. The van der Waals surface area contributed by atoms with Crippen molar-refractivity contribution in [3.05, 3.63) is 34.1 Å². The van der Waals surface area contributed by atoms with Crippen LogP contribution in [-0.4, -0.2) is 191 Å². The molecule has 0 aromatic heterocycles. The molecule has 0 fully saturated rings. The number of nitrogens with one attached hydrogen (secondary N) is 4. The Morgan fingerprint density at radius 3 is 1.71 bits per heavy atom. The van der Waals surface area contributed by atoms with E-state index in [2.05, 4.69) is 31.3 Å². The molecule has 28 heteroatoms. The first-order valence-corrected chi connectivity index (χ1v) is 19.0. The Balaban J connectivity index is 2.34. The number of hydrogen-bond donors (Lipinski definition) is 16. The molecule has 0 aromatic rings. The topological polar surface area (TPSA) is 489 Å².